The third-order valence-corrected chi connectivity index (χ3v) is 3.17. The second-order valence-corrected chi connectivity index (χ2v) is 6.13. The molecule has 0 bridgehead atoms. The fourth-order valence-corrected chi connectivity index (χ4v) is 2.42. The maximum atomic E-state index is 13.3. The molecular weight excluding hydrogens is 299 g/mol. The van der Waals surface area contributed by atoms with Gasteiger partial charge in [0, 0.05) is 22.2 Å². The summed E-state index contributed by atoms with van der Waals surface area (Å²) in [5, 5.41) is 19.6. The van der Waals surface area contributed by atoms with Gasteiger partial charge in [-0.15, -0.1) is 0 Å². The normalized spacial score (nSPS) is 14.5. The van der Waals surface area contributed by atoms with E-state index in [0.29, 0.717) is 5.69 Å². The zero-order valence-electron chi connectivity index (χ0n) is 12.7. The molecule has 0 aliphatic heterocycles. The van der Waals surface area contributed by atoms with Gasteiger partial charge in [0.15, 0.2) is 6.29 Å². The second kappa shape index (κ2) is 5.17. The lowest BCUT2D eigenvalue weighted by molar-refractivity contribution is -0.169. The predicted molar refractivity (Wildman–Crippen MR) is 75.5 cm³/mol. The lowest BCUT2D eigenvalue weighted by Crippen LogP contribution is -2.23. The highest BCUT2D eigenvalue weighted by Crippen LogP contribution is 2.44. The summed E-state index contributed by atoms with van der Waals surface area (Å²) < 4.78 is 45.2. The van der Waals surface area contributed by atoms with Gasteiger partial charge < -0.3 is 19.9 Å². The molecule has 0 aliphatic rings. The molecule has 122 valence electrons. The average Bonchev–Trinajstić information content (AvgIpc) is 2.60. The van der Waals surface area contributed by atoms with E-state index < -0.39 is 29.4 Å². The van der Waals surface area contributed by atoms with Gasteiger partial charge in [0.2, 0.25) is 0 Å². The third kappa shape index (κ3) is 3.05. The Hall–Kier alpha value is -1.73. The van der Waals surface area contributed by atoms with Crippen LogP contribution in [0.15, 0.2) is 12.1 Å². The Kier molecular flexibility index (Phi) is 3.91. The summed E-state index contributed by atoms with van der Waals surface area (Å²) in [6.07, 6.45) is -6.30. The Labute approximate surface area is 125 Å². The van der Waals surface area contributed by atoms with E-state index in [0.717, 1.165) is 6.07 Å². The van der Waals surface area contributed by atoms with Crippen LogP contribution in [0, 0.1) is 6.92 Å². The number of aromatic amines is 1. The van der Waals surface area contributed by atoms with Gasteiger partial charge in [0.05, 0.1) is 5.60 Å². The van der Waals surface area contributed by atoms with Crippen LogP contribution in [0.3, 0.4) is 0 Å². The summed E-state index contributed by atoms with van der Waals surface area (Å²) in [6, 6.07) is 2.31. The van der Waals surface area contributed by atoms with Gasteiger partial charge in [-0.1, -0.05) is 0 Å². The molecule has 2 rings (SSSR count). The molecule has 2 aromatic rings. The third-order valence-electron chi connectivity index (χ3n) is 3.17. The standard InChI is InChI=1S/C15H18F3NO3/c1-7-10(13(21)22-14(2,3)4)11-8(19-7)5-6-9(20)12(11)15(16,17)18/h5-6,13,19-21H,1-4H3. The van der Waals surface area contributed by atoms with Crippen molar-refractivity contribution in [2.24, 2.45) is 0 Å². The zero-order chi connectivity index (χ0) is 16.9. The lowest BCUT2D eigenvalue weighted by Gasteiger charge is -2.24. The molecule has 22 heavy (non-hydrogen) atoms. The lowest BCUT2D eigenvalue weighted by atomic mass is 10.0. The SMILES string of the molecule is Cc1[nH]c2ccc(O)c(C(F)(F)F)c2c1C(O)OC(C)(C)C. The van der Waals surface area contributed by atoms with Crippen molar-refractivity contribution in [2.45, 2.75) is 45.8 Å². The molecule has 0 spiro atoms. The highest BCUT2D eigenvalue weighted by atomic mass is 19.4. The summed E-state index contributed by atoms with van der Waals surface area (Å²) in [5.74, 6) is -0.886. The number of hydrogen-bond acceptors (Lipinski definition) is 3. The van der Waals surface area contributed by atoms with Crippen LogP contribution < -0.4 is 0 Å². The monoisotopic (exact) mass is 317 g/mol. The first-order valence-electron chi connectivity index (χ1n) is 6.69. The second-order valence-electron chi connectivity index (χ2n) is 6.13. The van der Waals surface area contributed by atoms with Crippen LogP contribution in [0.5, 0.6) is 5.75 Å². The van der Waals surface area contributed by atoms with Gasteiger partial charge in [-0.3, -0.25) is 0 Å². The fourth-order valence-electron chi connectivity index (χ4n) is 2.42. The molecule has 1 unspecified atom stereocenters. The van der Waals surface area contributed by atoms with Crippen molar-refractivity contribution >= 4 is 10.9 Å². The molecule has 1 atom stereocenters. The van der Waals surface area contributed by atoms with Gasteiger partial charge >= 0.3 is 6.18 Å². The first-order chi connectivity index (χ1) is 9.92. The molecule has 0 saturated heterocycles. The Morgan fingerprint density at radius 2 is 1.77 bits per heavy atom. The summed E-state index contributed by atoms with van der Waals surface area (Å²) >= 11 is 0. The molecule has 1 heterocycles. The van der Waals surface area contributed by atoms with Crippen molar-refractivity contribution in [3.8, 4) is 5.75 Å². The van der Waals surface area contributed by atoms with Crippen molar-refractivity contribution in [1.82, 2.24) is 4.98 Å². The number of phenols is 1. The van der Waals surface area contributed by atoms with E-state index in [-0.39, 0.29) is 16.5 Å². The Morgan fingerprint density at radius 1 is 1.18 bits per heavy atom. The number of aryl methyl sites for hydroxylation is 1. The molecule has 1 aromatic heterocycles. The number of alkyl halides is 3. The largest absolute Gasteiger partial charge is 0.507 e. The zero-order valence-corrected chi connectivity index (χ0v) is 12.7. The van der Waals surface area contributed by atoms with Crippen molar-refractivity contribution in [3.05, 3.63) is 29.0 Å². The van der Waals surface area contributed by atoms with Gasteiger partial charge in [-0.25, -0.2) is 0 Å². The van der Waals surface area contributed by atoms with E-state index in [4.69, 9.17) is 4.74 Å². The Morgan fingerprint density at radius 3 is 2.27 bits per heavy atom. The highest BCUT2D eigenvalue weighted by Gasteiger charge is 2.38. The van der Waals surface area contributed by atoms with Crippen molar-refractivity contribution in [3.63, 3.8) is 0 Å². The molecule has 3 N–H and O–H groups in total. The van der Waals surface area contributed by atoms with Crippen LogP contribution in [0.1, 0.15) is 43.9 Å². The number of ether oxygens (including phenoxy) is 1. The minimum absolute atomic E-state index is 0.0202. The minimum Gasteiger partial charge on any atom is -0.507 e. The van der Waals surface area contributed by atoms with Crippen LogP contribution in [0.25, 0.3) is 10.9 Å². The number of H-pyrrole nitrogens is 1. The summed E-state index contributed by atoms with van der Waals surface area (Å²) in [6.45, 7) is 6.59. The number of aliphatic hydroxyl groups excluding tert-OH is 1. The van der Waals surface area contributed by atoms with Crippen molar-refractivity contribution in [2.75, 3.05) is 0 Å². The van der Waals surface area contributed by atoms with E-state index in [9.17, 15) is 23.4 Å². The van der Waals surface area contributed by atoms with Gasteiger partial charge in [0.25, 0.3) is 0 Å². The van der Waals surface area contributed by atoms with Crippen LogP contribution in [0.2, 0.25) is 0 Å². The van der Waals surface area contributed by atoms with E-state index in [1.54, 1.807) is 27.7 Å². The molecule has 0 radical (unpaired) electrons. The van der Waals surface area contributed by atoms with Gasteiger partial charge in [0.1, 0.15) is 11.3 Å². The van der Waals surface area contributed by atoms with Gasteiger partial charge in [-0.2, -0.15) is 13.2 Å². The molecule has 4 nitrogen and oxygen atoms in total. The number of rotatable bonds is 2. The molecule has 0 amide bonds. The van der Waals surface area contributed by atoms with Crippen molar-refractivity contribution < 1.29 is 28.1 Å². The maximum absolute atomic E-state index is 13.3. The number of aliphatic hydroxyl groups is 1. The van der Waals surface area contributed by atoms with E-state index in [2.05, 4.69) is 4.98 Å². The van der Waals surface area contributed by atoms with E-state index in [1.807, 2.05) is 0 Å². The van der Waals surface area contributed by atoms with Crippen molar-refractivity contribution in [1.29, 1.82) is 0 Å². The first-order valence-corrected chi connectivity index (χ1v) is 6.69. The summed E-state index contributed by atoms with van der Waals surface area (Å²) in [5.41, 5.74) is -1.42. The highest BCUT2D eigenvalue weighted by molar-refractivity contribution is 5.90. The van der Waals surface area contributed by atoms with Crippen LogP contribution in [0.4, 0.5) is 13.2 Å². The fraction of sp³-hybridized carbons (Fsp3) is 0.467. The minimum atomic E-state index is -4.76. The van der Waals surface area contributed by atoms with E-state index in [1.165, 1.54) is 6.07 Å². The molecule has 0 fully saturated rings. The summed E-state index contributed by atoms with van der Waals surface area (Å²) in [4.78, 5) is 2.78. The topological polar surface area (TPSA) is 65.5 Å². The van der Waals surface area contributed by atoms with Gasteiger partial charge in [-0.05, 0) is 39.8 Å². The van der Waals surface area contributed by atoms with E-state index >= 15 is 0 Å². The van der Waals surface area contributed by atoms with Crippen LogP contribution in [-0.4, -0.2) is 20.8 Å². The molecule has 0 aliphatic carbocycles. The number of hydrogen-bond donors (Lipinski definition) is 3. The smallest absolute Gasteiger partial charge is 0.420 e. The average molecular weight is 317 g/mol. The number of fused-ring (bicyclic) bond motifs is 1. The quantitative estimate of drug-likeness (QED) is 0.733. The Balaban J connectivity index is 2.74. The molecular formula is C15H18F3NO3. The number of aromatic nitrogens is 1. The molecule has 0 saturated carbocycles. The van der Waals surface area contributed by atoms with Crippen LogP contribution >= 0.6 is 0 Å². The molecule has 1 aromatic carbocycles. The number of halogens is 3. The Bertz CT molecular complexity index is 699. The number of phenolic OH excluding ortho intramolecular Hbond substituents is 1. The maximum Gasteiger partial charge on any atom is 0.420 e. The number of aromatic hydroxyl groups is 1. The van der Waals surface area contributed by atoms with Crippen LogP contribution in [-0.2, 0) is 10.9 Å². The first kappa shape index (κ1) is 16.6. The summed E-state index contributed by atoms with van der Waals surface area (Å²) in [7, 11) is 0. The molecule has 7 heteroatoms. The predicted octanol–water partition coefficient (Wildman–Crippen LogP) is 4.01. The number of benzene rings is 1. The number of nitrogens with one attached hydrogen (secondary N) is 1.